The summed E-state index contributed by atoms with van der Waals surface area (Å²) in [6.07, 6.45) is 5.86. The predicted molar refractivity (Wildman–Crippen MR) is 124 cm³/mol. The fraction of sp³-hybridized carbons (Fsp3) is 0.520. The van der Waals surface area contributed by atoms with Crippen LogP contribution in [0.25, 0.3) is 0 Å². The molecule has 1 amide bonds. The highest BCUT2D eigenvalue weighted by molar-refractivity contribution is 5.78. The zero-order valence-electron chi connectivity index (χ0n) is 19.0. The first-order valence-corrected chi connectivity index (χ1v) is 11.7. The molecular formula is C25H34N4O3. The van der Waals surface area contributed by atoms with E-state index in [9.17, 15) is 4.79 Å². The Hall–Kier alpha value is -2.64. The molecule has 0 spiro atoms. The van der Waals surface area contributed by atoms with Gasteiger partial charge in [0.05, 0.1) is 19.7 Å². The van der Waals surface area contributed by atoms with Crippen LogP contribution in [0.1, 0.15) is 31.2 Å². The highest BCUT2D eigenvalue weighted by Gasteiger charge is 2.22. The number of pyridine rings is 1. The number of hydrogen-bond acceptors (Lipinski definition) is 6. The van der Waals surface area contributed by atoms with E-state index in [-0.39, 0.29) is 5.91 Å². The van der Waals surface area contributed by atoms with Gasteiger partial charge in [-0.15, -0.1) is 0 Å². The molecule has 2 aromatic rings. The number of benzene rings is 1. The fourth-order valence-electron chi connectivity index (χ4n) is 4.13. The number of piperazine rings is 1. The van der Waals surface area contributed by atoms with E-state index in [1.807, 2.05) is 41.3 Å². The number of para-hydroxylation sites is 2. The zero-order valence-corrected chi connectivity index (χ0v) is 19.0. The third-order valence-electron chi connectivity index (χ3n) is 6.15. The minimum Gasteiger partial charge on any atom is -0.490 e. The average molecular weight is 439 g/mol. The molecule has 2 aliphatic rings. The molecule has 1 saturated heterocycles. The summed E-state index contributed by atoms with van der Waals surface area (Å²) in [5, 5.41) is 0. The monoisotopic (exact) mass is 438 g/mol. The van der Waals surface area contributed by atoms with Gasteiger partial charge < -0.3 is 19.3 Å². The van der Waals surface area contributed by atoms with Gasteiger partial charge in [-0.1, -0.05) is 31.0 Å². The summed E-state index contributed by atoms with van der Waals surface area (Å²) in [5.41, 5.74) is 0.908. The second kappa shape index (κ2) is 11.3. The molecular weight excluding hydrogens is 404 g/mol. The molecule has 0 saturated carbocycles. The number of aromatic nitrogens is 1. The van der Waals surface area contributed by atoms with E-state index in [0.29, 0.717) is 31.3 Å². The van der Waals surface area contributed by atoms with E-state index in [2.05, 4.69) is 21.8 Å². The largest absolute Gasteiger partial charge is 0.490 e. The van der Waals surface area contributed by atoms with Gasteiger partial charge in [-0.3, -0.25) is 9.69 Å². The van der Waals surface area contributed by atoms with Crippen LogP contribution in [-0.2, 0) is 11.3 Å². The zero-order chi connectivity index (χ0) is 22.2. The van der Waals surface area contributed by atoms with Crippen LogP contribution in [0.3, 0.4) is 0 Å². The smallest absolute Gasteiger partial charge is 0.237 e. The Bertz CT molecular complexity index is 883. The van der Waals surface area contributed by atoms with Crippen LogP contribution in [0, 0.1) is 0 Å². The number of likely N-dealkylation sites (N-methyl/N-ethyl adjacent to an activating group) is 1. The molecule has 7 heteroatoms. The van der Waals surface area contributed by atoms with Crippen molar-refractivity contribution in [1.29, 1.82) is 0 Å². The number of nitrogens with zero attached hydrogens (tertiary/aromatic N) is 4. The molecule has 0 atom stereocenters. The Balaban J connectivity index is 1.53. The van der Waals surface area contributed by atoms with Crippen LogP contribution >= 0.6 is 0 Å². The third-order valence-corrected chi connectivity index (χ3v) is 6.15. The van der Waals surface area contributed by atoms with Crippen molar-refractivity contribution < 1.29 is 14.3 Å². The molecule has 3 heterocycles. The first kappa shape index (κ1) is 22.6. The van der Waals surface area contributed by atoms with Gasteiger partial charge in [0.25, 0.3) is 0 Å². The third kappa shape index (κ3) is 6.20. The topological polar surface area (TPSA) is 58.1 Å². The molecule has 1 aromatic carbocycles. The highest BCUT2D eigenvalue weighted by Crippen LogP contribution is 2.32. The second-order valence-electron chi connectivity index (χ2n) is 8.67. The number of carbonyl (C=O) groups excluding carboxylic acids is 1. The van der Waals surface area contributed by atoms with E-state index in [0.717, 1.165) is 69.7 Å². The number of fused-ring (bicyclic) bond motifs is 2. The quantitative estimate of drug-likeness (QED) is 0.716. The lowest BCUT2D eigenvalue weighted by molar-refractivity contribution is -0.133. The van der Waals surface area contributed by atoms with Gasteiger partial charge in [0.1, 0.15) is 0 Å². The van der Waals surface area contributed by atoms with Gasteiger partial charge in [0, 0.05) is 44.5 Å². The van der Waals surface area contributed by atoms with Gasteiger partial charge >= 0.3 is 0 Å². The van der Waals surface area contributed by atoms with Crippen molar-refractivity contribution >= 4 is 5.91 Å². The summed E-state index contributed by atoms with van der Waals surface area (Å²) in [6, 6.07) is 11.6. The van der Waals surface area contributed by atoms with Crippen molar-refractivity contribution in [2.24, 2.45) is 0 Å². The number of amides is 1. The lowest BCUT2D eigenvalue weighted by Crippen LogP contribution is -2.49. The number of carbonyl (C=O) groups is 1. The molecule has 0 N–H and O–H groups in total. The molecule has 0 radical (unpaired) electrons. The minimum atomic E-state index is 0.181. The summed E-state index contributed by atoms with van der Waals surface area (Å²) in [6.45, 7) is 6.27. The first-order chi connectivity index (χ1) is 15.7. The van der Waals surface area contributed by atoms with Gasteiger partial charge in [-0.2, -0.15) is 0 Å². The van der Waals surface area contributed by atoms with E-state index in [1.54, 1.807) is 6.20 Å². The average Bonchev–Trinajstić information content (AvgIpc) is 2.81. The van der Waals surface area contributed by atoms with Crippen LogP contribution in [-0.4, -0.2) is 78.5 Å². The number of rotatable bonds is 2. The van der Waals surface area contributed by atoms with Gasteiger partial charge in [0.2, 0.25) is 11.8 Å². The Kier molecular flexibility index (Phi) is 7.96. The lowest BCUT2D eigenvalue weighted by Gasteiger charge is -2.33. The van der Waals surface area contributed by atoms with Crippen LogP contribution in [0.2, 0.25) is 0 Å². The fourth-order valence-corrected chi connectivity index (χ4v) is 4.13. The van der Waals surface area contributed by atoms with Crippen molar-refractivity contribution in [3.05, 3.63) is 48.2 Å². The molecule has 0 aliphatic carbocycles. The van der Waals surface area contributed by atoms with Gasteiger partial charge in [-0.05, 0) is 38.1 Å². The first-order valence-electron chi connectivity index (χ1n) is 11.7. The van der Waals surface area contributed by atoms with Crippen LogP contribution in [0.15, 0.2) is 42.6 Å². The minimum absolute atomic E-state index is 0.181. The molecule has 1 aromatic heterocycles. The van der Waals surface area contributed by atoms with Crippen LogP contribution < -0.4 is 9.47 Å². The van der Waals surface area contributed by atoms with Crippen molar-refractivity contribution in [1.82, 2.24) is 19.7 Å². The molecule has 0 bridgehead atoms. The summed E-state index contributed by atoms with van der Waals surface area (Å²) in [7, 11) is 2.13. The number of ether oxygens (including phenoxy) is 2. The molecule has 1 fully saturated rings. The molecule has 4 rings (SSSR count). The van der Waals surface area contributed by atoms with Crippen molar-refractivity contribution in [3.63, 3.8) is 0 Å². The van der Waals surface area contributed by atoms with E-state index in [1.165, 1.54) is 0 Å². The van der Waals surface area contributed by atoms with Gasteiger partial charge in [-0.25, -0.2) is 4.98 Å². The summed E-state index contributed by atoms with van der Waals surface area (Å²) < 4.78 is 12.2. The Morgan fingerprint density at radius 2 is 1.72 bits per heavy atom. The lowest BCUT2D eigenvalue weighted by atomic mass is 10.1. The normalized spacial score (nSPS) is 19.1. The Morgan fingerprint density at radius 1 is 0.938 bits per heavy atom. The summed E-state index contributed by atoms with van der Waals surface area (Å²) in [4.78, 5) is 24.3. The molecule has 2 aliphatic heterocycles. The molecule has 7 nitrogen and oxygen atoms in total. The molecule has 32 heavy (non-hydrogen) atoms. The maximum absolute atomic E-state index is 13.3. The summed E-state index contributed by atoms with van der Waals surface area (Å²) >= 11 is 0. The second-order valence-corrected chi connectivity index (χ2v) is 8.67. The van der Waals surface area contributed by atoms with E-state index >= 15 is 0 Å². The maximum Gasteiger partial charge on any atom is 0.237 e. The maximum atomic E-state index is 13.3. The van der Waals surface area contributed by atoms with E-state index in [4.69, 9.17) is 9.47 Å². The highest BCUT2D eigenvalue weighted by atomic mass is 16.5. The number of hydrogen-bond donors (Lipinski definition) is 0. The van der Waals surface area contributed by atoms with Crippen molar-refractivity contribution in [2.45, 2.75) is 32.2 Å². The van der Waals surface area contributed by atoms with Crippen molar-refractivity contribution in [2.75, 3.05) is 52.9 Å². The van der Waals surface area contributed by atoms with E-state index < -0.39 is 0 Å². The van der Waals surface area contributed by atoms with Crippen LogP contribution in [0.5, 0.6) is 17.4 Å². The predicted octanol–water partition coefficient (Wildman–Crippen LogP) is 3.40. The molecule has 0 unspecified atom stereocenters. The summed E-state index contributed by atoms with van der Waals surface area (Å²) in [5.74, 6) is 2.09. The molecule has 172 valence electrons. The standard InChI is InChI=1S/C25H34N4O3/c1-27-14-16-28(17-15-27)20-24(30)29-13-6-2-3-7-18-31-22-10-4-5-11-23(22)32-25-21(19-29)9-8-12-26-25/h4-5,8-12H,2-3,6-7,13-20H2,1H3. The SMILES string of the molecule is CN1CCN(CC(=O)N2CCCCCCOc3ccccc3Oc3ncccc3C2)CC1. The Morgan fingerprint density at radius 3 is 2.56 bits per heavy atom. The van der Waals surface area contributed by atoms with Gasteiger partial charge in [0.15, 0.2) is 11.5 Å². The van der Waals surface area contributed by atoms with Crippen molar-refractivity contribution in [3.8, 4) is 17.4 Å². The Labute approximate surface area is 190 Å². The van der Waals surface area contributed by atoms with Crippen LogP contribution in [0.4, 0.5) is 0 Å².